The number of hydrogen-bond acceptors (Lipinski definition) is 1. The Balaban J connectivity index is 2.58. The van der Waals surface area contributed by atoms with Crippen LogP contribution in [0.3, 0.4) is 0 Å². The van der Waals surface area contributed by atoms with E-state index in [4.69, 9.17) is 0 Å². The molecule has 2 aromatic rings. The van der Waals surface area contributed by atoms with Gasteiger partial charge in [-0.15, -0.1) is 0 Å². The second-order valence-electron chi connectivity index (χ2n) is 8.09. The molecule has 0 atom stereocenters. The van der Waals surface area contributed by atoms with Crippen molar-refractivity contribution in [2.75, 3.05) is 11.9 Å². The predicted octanol–water partition coefficient (Wildman–Crippen LogP) is 6.05. The molecule has 0 bridgehead atoms. The van der Waals surface area contributed by atoms with Crippen LogP contribution >= 0.6 is 0 Å². The minimum atomic E-state index is 0.127. The molecule has 0 aliphatic heterocycles. The highest BCUT2D eigenvalue weighted by Crippen LogP contribution is 2.38. The second kappa shape index (κ2) is 5.79. The van der Waals surface area contributed by atoms with E-state index in [0.717, 1.165) is 0 Å². The molecule has 0 aromatic heterocycles. The average molecular weight is 295 g/mol. The summed E-state index contributed by atoms with van der Waals surface area (Å²) in [4.78, 5) is 2.33. The van der Waals surface area contributed by atoms with Gasteiger partial charge in [-0.2, -0.15) is 0 Å². The highest BCUT2D eigenvalue weighted by molar-refractivity contribution is 5.70. The number of hydrogen-bond donors (Lipinski definition) is 0. The van der Waals surface area contributed by atoms with Crippen LogP contribution in [0.2, 0.25) is 0 Å². The molecule has 0 spiro atoms. The summed E-state index contributed by atoms with van der Waals surface area (Å²) in [6.07, 6.45) is 0. The zero-order valence-corrected chi connectivity index (χ0v) is 15.1. The van der Waals surface area contributed by atoms with Gasteiger partial charge in [0.05, 0.1) is 0 Å². The van der Waals surface area contributed by atoms with Gasteiger partial charge in [0, 0.05) is 18.4 Å². The molecule has 0 saturated carbocycles. The number of rotatable bonds is 2. The summed E-state index contributed by atoms with van der Waals surface area (Å²) in [5.74, 6) is 0. The van der Waals surface area contributed by atoms with Crippen LogP contribution in [-0.2, 0) is 10.8 Å². The van der Waals surface area contributed by atoms with E-state index >= 15 is 0 Å². The highest BCUT2D eigenvalue weighted by atomic mass is 15.1. The van der Waals surface area contributed by atoms with Crippen molar-refractivity contribution in [3.05, 3.63) is 59.7 Å². The summed E-state index contributed by atoms with van der Waals surface area (Å²) in [7, 11) is 2.18. The first kappa shape index (κ1) is 16.6. The Labute approximate surface area is 136 Å². The number of para-hydroxylation sites is 2. The molecule has 0 aliphatic carbocycles. The van der Waals surface area contributed by atoms with Crippen molar-refractivity contribution in [2.24, 2.45) is 0 Å². The van der Waals surface area contributed by atoms with Gasteiger partial charge in [-0.1, -0.05) is 77.9 Å². The van der Waals surface area contributed by atoms with Crippen LogP contribution in [0.15, 0.2) is 48.5 Å². The van der Waals surface area contributed by atoms with Crippen molar-refractivity contribution in [2.45, 2.75) is 52.4 Å². The lowest BCUT2D eigenvalue weighted by Crippen LogP contribution is -2.22. The fraction of sp³-hybridized carbons (Fsp3) is 0.429. The number of benzene rings is 2. The Morgan fingerprint density at radius 2 is 0.909 bits per heavy atom. The normalized spacial score (nSPS) is 12.3. The third-order valence-corrected chi connectivity index (χ3v) is 4.15. The van der Waals surface area contributed by atoms with Gasteiger partial charge in [-0.05, 0) is 34.1 Å². The van der Waals surface area contributed by atoms with Gasteiger partial charge in [0.25, 0.3) is 0 Å². The summed E-state index contributed by atoms with van der Waals surface area (Å²) in [5, 5.41) is 0. The molecule has 2 aromatic carbocycles. The first-order valence-corrected chi connectivity index (χ1v) is 8.05. The first-order chi connectivity index (χ1) is 10.1. The molecule has 1 nitrogen and oxygen atoms in total. The minimum Gasteiger partial charge on any atom is -0.344 e. The van der Waals surface area contributed by atoms with E-state index < -0.39 is 0 Å². The lowest BCUT2D eigenvalue weighted by molar-refractivity contribution is 0.586. The molecule has 0 aliphatic rings. The zero-order valence-electron chi connectivity index (χ0n) is 15.1. The quantitative estimate of drug-likeness (QED) is 0.652. The number of nitrogens with zero attached hydrogens (tertiary/aromatic N) is 1. The van der Waals surface area contributed by atoms with Gasteiger partial charge in [-0.3, -0.25) is 0 Å². The van der Waals surface area contributed by atoms with Crippen LogP contribution in [0.1, 0.15) is 52.7 Å². The molecule has 22 heavy (non-hydrogen) atoms. The predicted molar refractivity (Wildman–Crippen MR) is 98.3 cm³/mol. The Morgan fingerprint density at radius 1 is 0.591 bits per heavy atom. The molecular weight excluding hydrogens is 266 g/mol. The van der Waals surface area contributed by atoms with Crippen LogP contribution in [-0.4, -0.2) is 7.05 Å². The molecule has 1 heteroatoms. The molecule has 2 rings (SSSR count). The highest BCUT2D eigenvalue weighted by Gasteiger charge is 2.23. The van der Waals surface area contributed by atoms with E-state index in [2.05, 4.69) is 102 Å². The van der Waals surface area contributed by atoms with E-state index in [1.165, 1.54) is 22.5 Å². The van der Waals surface area contributed by atoms with Crippen molar-refractivity contribution in [1.29, 1.82) is 0 Å². The summed E-state index contributed by atoms with van der Waals surface area (Å²) in [6.45, 7) is 13.6. The largest absolute Gasteiger partial charge is 0.344 e. The van der Waals surface area contributed by atoms with E-state index in [-0.39, 0.29) is 10.8 Å². The maximum Gasteiger partial charge on any atom is 0.0446 e. The molecular formula is C21H29N. The third-order valence-electron chi connectivity index (χ3n) is 4.15. The fourth-order valence-electron chi connectivity index (χ4n) is 2.93. The van der Waals surface area contributed by atoms with Crippen molar-refractivity contribution < 1.29 is 0 Å². The molecule has 0 unspecified atom stereocenters. The lowest BCUT2D eigenvalue weighted by Gasteiger charge is -2.32. The van der Waals surface area contributed by atoms with Crippen LogP contribution in [0.25, 0.3) is 0 Å². The van der Waals surface area contributed by atoms with Gasteiger partial charge in [0.1, 0.15) is 0 Å². The second-order valence-corrected chi connectivity index (χ2v) is 8.09. The smallest absolute Gasteiger partial charge is 0.0446 e. The van der Waals surface area contributed by atoms with Crippen molar-refractivity contribution in [3.63, 3.8) is 0 Å². The summed E-state index contributed by atoms with van der Waals surface area (Å²) < 4.78 is 0. The third kappa shape index (κ3) is 3.35. The molecule has 0 N–H and O–H groups in total. The molecule has 118 valence electrons. The molecule has 0 fully saturated rings. The number of anilines is 2. The molecule has 0 heterocycles. The molecule has 0 saturated heterocycles. The van der Waals surface area contributed by atoms with Crippen molar-refractivity contribution in [1.82, 2.24) is 0 Å². The van der Waals surface area contributed by atoms with Crippen LogP contribution < -0.4 is 4.90 Å². The Bertz CT molecular complexity index is 584. The lowest BCUT2D eigenvalue weighted by atomic mass is 9.83. The molecule has 0 radical (unpaired) electrons. The van der Waals surface area contributed by atoms with Crippen LogP contribution in [0.4, 0.5) is 11.4 Å². The minimum absolute atomic E-state index is 0.127. The van der Waals surface area contributed by atoms with Gasteiger partial charge < -0.3 is 4.90 Å². The van der Waals surface area contributed by atoms with Gasteiger partial charge >= 0.3 is 0 Å². The van der Waals surface area contributed by atoms with E-state index in [0.29, 0.717) is 0 Å². The monoisotopic (exact) mass is 295 g/mol. The summed E-state index contributed by atoms with van der Waals surface area (Å²) in [5.41, 5.74) is 5.57. The maximum absolute atomic E-state index is 2.33. The van der Waals surface area contributed by atoms with E-state index in [1.807, 2.05) is 0 Å². The SMILES string of the molecule is CN(c1ccccc1C(C)(C)C)c1ccccc1C(C)(C)C. The zero-order chi connectivity index (χ0) is 16.5. The first-order valence-electron chi connectivity index (χ1n) is 8.05. The standard InChI is InChI=1S/C21H29N/c1-20(2,3)16-12-8-10-14-18(16)22(7)19-15-11-9-13-17(19)21(4,5)6/h8-15H,1-7H3. The average Bonchev–Trinajstić information content (AvgIpc) is 2.45. The Morgan fingerprint density at radius 3 is 1.23 bits per heavy atom. The Hall–Kier alpha value is -1.76. The van der Waals surface area contributed by atoms with Gasteiger partial charge in [0.2, 0.25) is 0 Å². The van der Waals surface area contributed by atoms with Crippen LogP contribution in [0, 0.1) is 0 Å². The fourth-order valence-corrected chi connectivity index (χ4v) is 2.93. The molecule has 0 amide bonds. The summed E-state index contributed by atoms with van der Waals surface area (Å²) in [6, 6.07) is 17.4. The van der Waals surface area contributed by atoms with E-state index in [1.54, 1.807) is 0 Å². The topological polar surface area (TPSA) is 3.24 Å². The van der Waals surface area contributed by atoms with Crippen molar-refractivity contribution in [3.8, 4) is 0 Å². The maximum atomic E-state index is 2.33. The van der Waals surface area contributed by atoms with Gasteiger partial charge in [0.15, 0.2) is 0 Å². The summed E-state index contributed by atoms with van der Waals surface area (Å²) >= 11 is 0. The van der Waals surface area contributed by atoms with Crippen molar-refractivity contribution >= 4 is 11.4 Å². The van der Waals surface area contributed by atoms with Crippen LogP contribution in [0.5, 0.6) is 0 Å². The van der Waals surface area contributed by atoms with E-state index in [9.17, 15) is 0 Å². The Kier molecular flexibility index (Phi) is 4.37. The van der Waals surface area contributed by atoms with Gasteiger partial charge in [-0.25, -0.2) is 0 Å².